The molecule has 1 aliphatic rings. The fraction of sp³-hybridized carbons (Fsp3) is 0.524. The Morgan fingerprint density at radius 1 is 1.24 bits per heavy atom. The fourth-order valence-electron chi connectivity index (χ4n) is 3.59. The number of anilines is 1. The summed E-state index contributed by atoms with van der Waals surface area (Å²) in [6.07, 6.45) is 0.690. The van der Waals surface area contributed by atoms with Crippen LogP contribution in [0.1, 0.15) is 39.5 Å². The second-order valence-electron chi connectivity index (χ2n) is 8.25. The van der Waals surface area contributed by atoms with Crippen molar-refractivity contribution in [2.75, 3.05) is 11.9 Å². The van der Waals surface area contributed by atoms with Crippen LogP contribution in [0.5, 0.6) is 0 Å². The van der Waals surface area contributed by atoms with E-state index in [1.165, 1.54) is 29.2 Å². The van der Waals surface area contributed by atoms with Gasteiger partial charge in [-0.15, -0.1) is 0 Å². The number of nitro benzene ring substituents is 1. The minimum atomic E-state index is -1.06. The normalized spacial score (nSPS) is 17.3. The predicted molar refractivity (Wildman–Crippen MR) is 118 cm³/mol. The summed E-state index contributed by atoms with van der Waals surface area (Å²) in [7, 11) is 0. The topological polar surface area (TPSA) is 185 Å². The Balaban J connectivity index is 2.04. The summed E-state index contributed by atoms with van der Waals surface area (Å²) in [5.74, 6) is -2.83. The van der Waals surface area contributed by atoms with Gasteiger partial charge in [-0.1, -0.05) is 13.8 Å². The van der Waals surface area contributed by atoms with Gasteiger partial charge < -0.3 is 26.4 Å². The molecule has 33 heavy (non-hydrogen) atoms. The van der Waals surface area contributed by atoms with Gasteiger partial charge >= 0.3 is 5.97 Å². The zero-order chi connectivity index (χ0) is 24.7. The van der Waals surface area contributed by atoms with E-state index in [-0.39, 0.29) is 24.4 Å². The molecule has 1 heterocycles. The summed E-state index contributed by atoms with van der Waals surface area (Å²) < 4.78 is 0. The largest absolute Gasteiger partial charge is 0.481 e. The van der Waals surface area contributed by atoms with E-state index >= 15 is 0 Å². The summed E-state index contributed by atoms with van der Waals surface area (Å²) in [5, 5.41) is 24.9. The zero-order valence-electron chi connectivity index (χ0n) is 18.5. The zero-order valence-corrected chi connectivity index (χ0v) is 18.5. The second-order valence-corrected chi connectivity index (χ2v) is 8.25. The molecule has 1 saturated heterocycles. The number of nitrogens with zero attached hydrogens (tertiary/aromatic N) is 2. The van der Waals surface area contributed by atoms with Gasteiger partial charge in [0, 0.05) is 30.8 Å². The highest BCUT2D eigenvalue weighted by atomic mass is 16.6. The molecule has 2 rings (SSSR count). The summed E-state index contributed by atoms with van der Waals surface area (Å²) >= 11 is 0. The number of benzene rings is 1. The summed E-state index contributed by atoms with van der Waals surface area (Å²) in [6.45, 7) is 3.82. The molecular formula is C21H29N5O7. The minimum absolute atomic E-state index is 0.0364. The molecule has 1 aromatic carbocycles. The van der Waals surface area contributed by atoms with Crippen LogP contribution in [0.2, 0.25) is 0 Å². The molecule has 0 spiro atoms. The van der Waals surface area contributed by atoms with E-state index in [0.717, 1.165) is 0 Å². The number of nitro groups is 1. The van der Waals surface area contributed by atoms with Gasteiger partial charge in [0.05, 0.1) is 11.0 Å². The molecule has 0 radical (unpaired) electrons. The van der Waals surface area contributed by atoms with Gasteiger partial charge in [-0.25, -0.2) is 0 Å². The van der Waals surface area contributed by atoms with Crippen LogP contribution in [0, 0.1) is 16.0 Å². The van der Waals surface area contributed by atoms with E-state index in [9.17, 15) is 29.3 Å². The molecule has 3 amide bonds. The van der Waals surface area contributed by atoms with Crippen molar-refractivity contribution in [3.63, 3.8) is 0 Å². The van der Waals surface area contributed by atoms with Gasteiger partial charge in [0.15, 0.2) is 0 Å². The number of rotatable bonds is 10. The molecule has 1 aliphatic heterocycles. The summed E-state index contributed by atoms with van der Waals surface area (Å²) in [5.41, 5.74) is 6.05. The Kier molecular flexibility index (Phi) is 8.85. The van der Waals surface area contributed by atoms with Gasteiger partial charge in [-0.05, 0) is 37.3 Å². The number of carboxylic acids is 1. The first kappa shape index (κ1) is 25.7. The van der Waals surface area contributed by atoms with Crippen LogP contribution in [-0.2, 0) is 19.2 Å². The van der Waals surface area contributed by atoms with Crippen LogP contribution in [0.3, 0.4) is 0 Å². The number of likely N-dealkylation sites (tertiary alicyclic amines) is 1. The van der Waals surface area contributed by atoms with Crippen LogP contribution < -0.4 is 16.4 Å². The minimum Gasteiger partial charge on any atom is -0.481 e. The van der Waals surface area contributed by atoms with Crippen LogP contribution in [0.25, 0.3) is 0 Å². The molecule has 0 aliphatic carbocycles. The molecule has 12 nitrogen and oxygen atoms in total. The number of carboxylic acid groups (broad SMARTS) is 1. The number of non-ortho nitro benzene ring substituents is 1. The highest BCUT2D eigenvalue weighted by Gasteiger charge is 2.38. The molecular weight excluding hydrogens is 434 g/mol. The van der Waals surface area contributed by atoms with Crippen molar-refractivity contribution in [1.29, 1.82) is 0 Å². The molecule has 5 N–H and O–H groups in total. The molecule has 0 saturated carbocycles. The van der Waals surface area contributed by atoms with Crippen LogP contribution in [-0.4, -0.2) is 63.3 Å². The van der Waals surface area contributed by atoms with E-state index in [0.29, 0.717) is 25.1 Å². The molecule has 1 fully saturated rings. The Hall–Kier alpha value is -3.54. The highest BCUT2D eigenvalue weighted by Crippen LogP contribution is 2.20. The number of hydrogen-bond donors (Lipinski definition) is 4. The molecule has 1 aromatic rings. The number of nitrogens with one attached hydrogen (secondary N) is 2. The predicted octanol–water partition coefficient (Wildman–Crippen LogP) is 0.857. The van der Waals surface area contributed by atoms with E-state index in [4.69, 9.17) is 10.8 Å². The average molecular weight is 463 g/mol. The molecule has 0 unspecified atom stereocenters. The quantitative estimate of drug-likeness (QED) is 0.290. The number of aliphatic carboxylic acids is 1. The maximum Gasteiger partial charge on any atom is 0.303 e. The SMILES string of the molecule is CC(C)[C@H](NC(=O)[C@@H]1CCCN1C(=O)[C@@H](N)CCC(=O)O)C(=O)Nc1ccc([N+](=O)[O-])cc1. The number of carbonyl (C=O) groups excluding carboxylic acids is 3. The number of carbonyl (C=O) groups is 4. The molecule has 12 heteroatoms. The molecule has 0 aromatic heterocycles. The third-order valence-electron chi connectivity index (χ3n) is 5.42. The maximum absolute atomic E-state index is 12.9. The maximum atomic E-state index is 12.9. The van der Waals surface area contributed by atoms with Gasteiger partial charge in [-0.3, -0.25) is 29.3 Å². The van der Waals surface area contributed by atoms with Crippen molar-refractivity contribution in [3.8, 4) is 0 Å². The molecule has 3 atom stereocenters. The third-order valence-corrected chi connectivity index (χ3v) is 5.42. The van der Waals surface area contributed by atoms with Crippen LogP contribution >= 0.6 is 0 Å². The molecule has 0 bridgehead atoms. The Labute approximate surface area is 190 Å². The van der Waals surface area contributed by atoms with Gasteiger partial charge in [0.1, 0.15) is 12.1 Å². The number of nitrogens with two attached hydrogens (primary N) is 1. The van der Waals surface area contributed by atoms with Crippen molar-refractivity contribution in [1.82, 2.24) is 10.2 Å². The van der Waals surface area contributed by atoms with E-state index in [1.54, 1.807) is 13.8 Å². The summed E-state index contributed by atoms with van der Waals surface area (Å²) in [4.78, 5) is 60.7. The highest BCUT2D eigenvalue weighted by molar-refractivity contribution is 5.99. The third kappa shape index (κ3) is 6.97. The first-order valence-corrected chi connectivity index (χ1v) is 10.6. The Morgan fingerprint density at radius 2 is 1.88 bits per heavy atom. The lowest BCUT2D eigenvalue weighted by molar-refractivity contribution is -0.384. The lowest BCUT2D eigenvalue weighted by atomic mass is 10.0. The van der Waals surface area contributed by atoms with E-state index in [2.05, 4.69) is 10.6 Å². The first-order valence-electron chi connectivity index (χ1n) is 10.6. The van der Waals surface area contributed by atoms with Gasteiger partial charge in [0.25, 0.3) is 5.69 Å². The van der Waals surface area contributed by atoms with Crippen molar-refractivity contribution >= 4 is 35.1 Å². The lowest BCUT2D eigenvalue weighted by Gasteiger charge is -2.29. The summed E-state index contributed by atoms with van der Waals surface area (Å²) in [6, 6.07) is 2.56. The Bertz CT molecular complexity index is 903. The first-order chi connectivity index (χ1) is 15.5. The van der Waals surface area contributed by atoms with Gasteiger partial charge in [-0.2, -0.15) is 0 Å². The van der Waals surface area contributed by atoms with Gasteiger partial charge in [0.2, 0.25) is 17.7 Å². The van der Waals surface area contributed by atoms with Crippen molar-refractivity contribution in [2.24, 2.45) is 11.7 Å². The smallest absolute Gasteiger partial charge is 0.303 e. The van der Waals surface area contributed by atoms with Crippen LogP contribution in [0.15, 0.2) is 24.3 Å². The van der Waals surface area contributed by atoms with Crippen molar-refractivity contribution < 1.29 is 29.2 Å². The molecule has 180 valence electrons. The van der Waals surface area contributed by atoms with Crippen molar-refractivity contribution in [2.45, 2.75) is 57.7 Å². The van der Waals surface area contributed by atoms with Crippen molar-refractivity contribution in [3.05, 3.63) is 34.4 Å². The van der Waals surface area contributed by atoms with E-state index in [1.807, 2.05) is 0 Å². The fourth-order valence-corrected chi connectivity index (χ4v) is 3.59. The number of amides is 3. The average Bonchev–Trinajstić information content (AvgIpc) is 3.25. The van der Waals surface area contributed by atoms with E-state index < -0.39 is 46.7 Å². The Morgan fingerprint density at radius 3 is 2.42 bits per heavy atom. The standard InChI is InChI=1S/C21H29N5O7/c1-12(2)18(20(30)23-13-5-7-14(8-6-13)26(32)33)24-19(29)16-4-3-11-25(16)21(31)15(22)9-10-17(27)28/h5-8,12,15-16,18H,3-4,9-11,22H2,1-2H3,(H,23,30)(H,24,29)(H,27,28)/t15-,16-,18-/m0/s1. The van der Waals surface area contributed by atoms with Crippen LogP contribution in [0.4, 0.5) is 11.4 Å². The lowest BCUT2D eigenvalue weighted by Crippen LogP contribution is -2.55. The monoisotopic (exact) mass is 463 g/mol. The number of hydrogen-bond acceptors (Lipinski definition) is 7. The second kappa shape index (κ2) is 11.4.